The summed E-state index contributed by atoms with van der Waals surface area (Å²) in [7, 11) is 0. The number of benzene rings is 1. The van der Waals surface area contributed by atoms with E-state index < -0.39 is 6.10 Å². The Morgan fingerprint density at radius 3 is 2.70 bits per heavy atom. The van der Waals surface area contributed by atoms with E-state index in [0.717, 1.165) is 0 Å². The molecule has 2 aromatic rings. The number of amides is 1. The molecule has 4 nitrogen and oxygen atoms in total. The zero-order chi connectivity index (χ0) is 14.5. The van der Waals surface area contributed by atoms with Crippen molar-refractivity contribution >= 4 is 5.91 Å². The molecule has 1 atom stereocenters. The van der Waals surface area contributed by atoms with Crippen LogP contribution in [0.2, 0.25) is 0 Å². The molecule has 0 spiro atoms. The largest absolute Gasteiger partial charge is 0.459 e. The minimum absolute atomic E-state index is 0.183. The maximum Gasteiger partial charge on any atom is 0.287 e. The summed E-state index contributed by atoms with van der Waals surface area (Å²) in [6, 6.07) is 7.51. The minimum Gasteiger partial charge on any atom is -0.459 e. The van der Waals surface area contributed by atoms with Gasteiger partial charge in [0.05, 0.1) is 12.4 Å². The van der Waals surface area contributed by atoms with E-state index in [1.54, 1.807) is 25.1 Å². The molecule has 0 saturated heterocycles. The van der Waals surface area contributed by atoms with Gasteiger partial charge in [-0.15, -0.1) is 0 Å². The molecule has 0 fully saturated rings. The lowest BCUT2D eigenvalue weighted by molar-refractivity contribution is 0.0919. The topological polar surface area (TPSA) is 62.5 Å². The van der Waals surface area contributed by atoms with Gasteiger partial charge in [-0.3, -0.25) is 4.79 Å². The summed E-state index contributed by atoms with van der Waals surface area (Å²) >= 11 is 0. The number of carbonyl (C=O) groups is 1. The van der Waals surface area contributed by atoms with Crippen molar-refractivity contribution in [2.45, 2.75) is 19.4 Å². The summed E-state index contributed by atoms with van der Waals surface area (Å²) in [6.07, 6.45) is 1.42. The Balaban J connectivity index is 2.12. The van der Waals surface area contributed by atoms with Crippen LogP contribution in [-0.2, 0) is 0 Å². The van der Waals surface area contributed by atoms with Crippen molar-refractivity contribution < 1.29 is 18.7 Å². The Morgan fingerprint density at radius 2 is 2.05 bits per heavy atom. The van der Waals surface area contributed by atoms with Crippen molar-refractivity contribution in [1.82, 2.24) is 5.32 Å². The Bertz CT molecular complexity index is 575. The van der Waals surface area contributed by atoms with Crippen molar-refractivity contribution in [3.63, 3.8) is 0 Å². The molecule has 5 heteroatoms. The molecule has 0 aliphatic rings. The van der Waals surface area contributed by atoms with Crippen LogP contribution in [0.5, 0.6) is 0 Å². The van der Waals surface area contributed by atoms with E-state index in [2.05, 4.69) is 5.32 Å². The number of rotatable bonds is 5. The number of aliphatic hydroxyl groups excluding tert-OH is 1. The van der Waals surface area contributed by atoms with Crippen LogP contribution in [0.4, 0.5) is 4.39 Å². The molecule has 2 N–H and O–H groups in total. The molecule has 106 valence electrons. The van der Waals surface area contributed by atoms with E-state index in [1.807, 2.05) is 0 Å². The SMILES string of the molecule is CC(O)CCNC(=O)c1occc1-c1ccc(F)cc1. The van der Waals surface area contributed by atoms with Crippen LogP contribution in [0.15, 0.2) is 41.0 Å². The molecule has 0 aliphatic heterocycles. The van der Waals surface area contributed by atoms with Crippen LogP contribution in [0.3, 0.4) is 0 Å². The molecule has 1 unspecified atom stereocenters. The molecule has 0 bridgehead atoms. The Hall–Kier alpha value is -2.14. The minimum atomic E-state index is -0.469. The van der Waals surface area contributed by atoms with Gasteiger partial charge in [-0.25, -0.2) is 4.39 Å². The summed E-state index contributed by atoms with van der Waals surface area (Å²) in [5.41, 5.74) is 1.32. The lowest BCUT2D eigenvalue weighted by Crippen LogP contribution is -2.26. The van der Waals surface area contributed by atoms with Crippen molar-refractivity contribution in [3.05, 3.63) is 48.2 Å². The molecular weight excluding hydrogens is 261 g/mol. The molecule has 1 aromatic heterocycles. The van der Waals surface area contributed by atoms with Crippen LogP contribution >= 0.6 is 0 Å². The fourth-order valence-electron chi connectivity index (χ4n) is 1.82. The van der Waals surface area contributed by atoms with E-state index >= 15 is 0 Å². The van der Waals surface area contributed by atoms with E-state index in [9.17, 15) is 9.18 Å². The number of hydrogen-bond acceptors (Lipinski definition) is 3. The van der Waals surface area contributed by atoms with E-state index in [4.69, 9.17) is 9.52 Å². The first-order valence-corrected chi connectivity index (χ1v) is 6.37. The number of furan rings is 1. The van der Waals surface area contributed by atoms with Crippen LogP contribution in [0.25, 0.3) is 11.1 Å². The third kappa shape index (κ3) is 3.45. The number of hydrogen-bond donors (Lipinski definition) is 2. The highest BCUT2D eigenvalue weighted by Crippen LogP contribution is 2.25. The molecule has 1 heterocycles. The van der Waals surface area contributed by atoms with Crippen molar-refractivity contribution in [2.75, 3.05) is 6.54 Å². The molecule has 2 rings (SSSR count). The Labute approximate surface area is 116 Å². The molecule has 20 heavy (non-hydrogen) atoms. The van der Waals surface area contributed by atoms with Crippen molar-refractivity contribution in [2.24, 2.45) is 0 Å². The number of nitrogens with one attached hydrogen (secondary N) is 1. The second-order valence-electron chi connectivity index (χ2n) is 4.56. The lowest BCUT2D eigenvalue weighted by atomic mass is 10.1. The fraction of sp³-hybridized carbons (Fsp3) is 0.267. The summed E-state index contributed by atoms with van der Waals surface area (Å²) < 4.78 is 18.1. The third-order valence-corrected chi connectivity index (χ3v) is 2.87. The van der Waals surface area contributed by atoms with Gasteiger partial charge in [0.1, 0.15) is 5.82 Å². The average molecular weight is 277 g/mol. The van der Waals surface area contributed by atoms with Gasteiger partial charge in [0, 0.05) is 12.1 Å². The van der Waals surface area contributed by atoms with Gasteiger partial charge >= 0.3 is 0 Å². The highest BCUT2D eigenvalue weighted by Gasteiger charge is 2.16. The third-order valence-electron chi connectivity index (χ3n) is 2.87. The van der Waals surface area contributed by atoms with Gasteiger partial charge < -0.3 is 14.8 Å². The highest BCUT2D eigenvalue weighted by atomic mass is 19.1. The zero-order valence-electron chi connectivity index (χ0n) is 11.1. The first kappa shape index (κ1) is 14.3. The second-order valence-corrected chi connectivity index (χ2v) is 4.56. The predicted octanol–water partition coefficient (Wildman–Crippen LogP) is 2.59. The average Bonchev–Trinajstić information content (AvgIpc) is 2.88. The zero-order valence-corrected chi connectivity index (χ0v) is 11.1. The van der Waals surface area contributed by atoms with Gasteiger partial charge in [0.25, 0.3) is 5.91 Å². The maximum atomic E-state index is 12.9. The second kappa shape index (κ2) is 6.34. The van der Waals surface area contributed by atoms with Crippen molar-refractivity contribution in [1.29, 1.82) is 0 Å². The van der Waals surface area contributed by atoms with Gasteiger partial charge in [-0.05, 0) is 37.1 Å². The molecule has 1 amide bonds. The quantitative estimate of drug-likeness (QED) is 0.883. The van der Waals surface area contributed by atoms with Crippen LogP contribution in [-0.4, -0.2) is 23.7 Å². The van der Waals surface area contributed by atoms with Crippen LogP contribution in [0, 0.1) is 5.82 Å². The van der Waals surface area contributed by atoms with Gasteiger partial charge in [-0.2, -0.15) is 0 Å². The lowest BCUT2D eigenvalue weighted by Gasteiger charge is -2.06. The molecule has 0 radical (unpaired) electrons. The first-order chi connectivity index (χ1) is 9.58. The molecule has 0 aliphatic carbocycles. The number of halogens is 1. The molecule has 0 saturated carbocycles. The van der Waals surface area contributed by atoms with E-state index in [0.29, 0.717) is 24.1 Å². The summed E-state index contributed by atoms with van der Waals surface area (Å²) in [4.78, 5) is 12.0. The highest BCUT2D eigenvalue weighted by molar-refractivity contribution is 5.98. The smallest absolute Gasteiger partial charge is 0.287 e. The Morgan fingerprint density at radius 1 is 1.35 bits per heavy atom. The first-order valence-electron chi connectivity index (χ1n) is 6.37. The predicted molar refractivity (Wildman–Crippen MR) is 72.7 cm³/mol. The Kier molecular flexibility index (Phi) is 4.53. The monoisotopic (exact) mass is 277 g/mol. The fourth-order valence-corrected chi connectivity index (χ4v) is 1.82. The normalized spacial score (nSPS) is 12.2. The maximum absolute atomic E-state index is 12.9. The van der Waals surface area contributed by atoms with Gasteiger partial charge in [0.15, 0.2) is 5.76 Å². The summed E-state index contributed by atoms with van der Waals surface area (Å²) in [5, 5.41) is 11.8. The number of aliphatic hydroxyl groups is 1. The van der Waals surface area contributed by atoms with Crippen LogP contribution in [0.1, 0.15) is 23.9 Å². The summed E-state index contributed by atoms with van der Waals surface area (Å²) in [5.74, 6) is -0.502. The van der Waals surface area contributed by atoms with E-state index in [1.165, 1.54) is 18.4 Å². The van der Waals surface area contributed by atoms with E-state index in [-0.39, 0.29) is 17.5 Å². The van der Waals surface area contributed by atoms with Gasteiger partial charge in [-0.1, -0.05) is 12.1 Å². The molecule has 1 aromatic carbocycles. The standard InChI is InChI=1S/C15H16FNO3/c1-10(18)6-8-17-15(19)14-13(7-9-20-14)11-2-4-12(16)5-3-11/h2-5,7,9-10,18H,6,8H2,1H3,(H,17,19). The summed E-state index contributed by atoms with van der Waals surface area (Å²) in [6.45, 7) is 2.02. The number of carbonyl (C=O) groups excluding carboxylic acids is 1. The van der Waals surface area contributed by atoms with Crippen molar-refractivity contribution in [3.8, 4) is 11.1 Å². The van der Waals surface area contributed by atoms with Crippen LogP contribution < -0.4 is 5.32 Å². The molecular formula is C15H16FNO3. The van der Waals surface area contributed by atoms with Gasteiger partial charge in [0.2, 0.25) is 0 Å².